The molecule has 2 aromatic rings. The van der Waals surface area contributed by atoms with Crippen molar-refractivity contribution in [1.82, 2.24) is 5.32 Å². The number of benzene rings is 2. The summed E-state index contributed by atoms with van der Waals surface area (Å²) in [6.07, 6.45) is 0. The standard InChI is InChI=1S/C17H19Cl2NS/c1-12(2)10-20-11-13-7-8-14(18)9-17(13)21-16-6-4-3-5-15(16)19/h3-9,12,20H,10-11H2,1-2H3. The third-order valence-electron chi connectivity index (χ3n) is 2.95. The average molecular weight is 340 g/mol. The number of hydrogen-bond acceptors (Lipinski definition) is 2. The van der Waals surface area contributed by atoms with E-state index in [0.29, 0.717) is 5.92 Å². The van der Waals surface area contributed by atoms with Crippen molar-refractivity contribution < 1.29 is 0 Å². The van der Waals surface area contributed by atoms with Gasteiger partial charge in [-0.15, -0.1) is 0 Å². The van der Waals surface area contributed by atoms with Gasteiger partial charge in [-0.1, -0.05) is 67.0 Å². The molecule has 1 nitrogen and oxygen atoms in total. The van der Waals surface area contributed by atoms with Crippen molar-refractivity contribution in [1.29, 1.82) is 0 Å². The fourth-order valence-corrected chi connectivity index (χ4v) is 3.41. The van der Waals surface area contributed by atoms with Gasteiger partial charge in [-0.3, -0.25) is 0 Å². The van der Waals surface area contributed by atoms with Gasteiger partial charge in [0, 0.05) is 21.4 Å². The number of rotatable bonds is 6. The molecule has 2 rings (SSSR count). The van der Waals surface area contributed by atoms with Gasteiger partial charge in [0.1, 0.15) is 0 Å². The highest BCUT2D eigenvalue weighted by atomic mass is 35.5. The Labute approximate surface area is 141 Å². The van der Waals surface area contributed by atoms with Crippen LogP contribution in [0.4, 0.5) is 0 Å². The third-order valence-corrected chi connectivity index (χ3v) is 4.81. The van der Waals surface area contributed by atoms with Crippen LogP contribution in [0.5, 0.6) is 0 Å². The fourth-order valence-electron chi connectivity index (χ4n) is 1.91. The molecule has 4 heteroatoms. The molecule has 0 amide bonds. The minimum absolute atomic E-state index is 0.636. The van der Waals surface area contributed by atoms with Gasteiger partial charge in [0.15, 0.2) is 0 Å². The Hall–Kier alpha value is -0.670. The normalized spacial score (nSPS) is 11.1. The Morgan fingerprint density at radius 1 is 1.05 bits per heavy atom. The smallest absolute Gasteiger partial charge is 0.0545 e. The van der Waals surface area contributed by atoms with Crippen LogP contribution in [0.2, 0.25) is 10.0 Å². The molecular formula is C17H19Cl2NS. The van der Waals surface area contributed by atoms with Gasteiger partial charge in [-0.2, -0.15) is 0 Å². The average Bonchev–Trinajstić information content (AvgIpc) is 2.43. The topological polar surface area (TPSA) is 12.0 Å². The Morgan fingerprint density at radius 3 is 2.52 bits per heavy atom. The summed E-state index contributed by atoms with van der Waals surface area (Å²) in [5, 5.41) is 4.99. The SMILES string of the molecule is CC(C)CNCc1ccc(Cl)cc1Sc1ccccc1Cl. The predicted molar refractivity (Wildman–Crippen MR) is 93.6 cm³/mol. The summed E-state index contributed by atoms with van der Waals surface area (Å²) >= 11 is 14.0. The first-order valence-corrected chi connectivity index (χ1v) is 8.55. The summed E-state index contributed by atoms with van der Waals surface area (Å²) in [4.78, 5) is 2.19. The van der Waals surface area contributed by atoms with E-state index in [-0.39, 0.29) is 0 Å². The molecule has 1 N–H and O–H groups in total. The highest BCUT2D eigenvalue weighted by Crippen LogP contribution is 2.36. The molecule has 21 heavy (non-hydrogen) atoms. The molecule has 0 unspecified atom stereocenters. The fraction of sp³-hybridized carbons (Fsp3) is 0.294. The van der Waals surface area contributed by atoms with Gasteiger partial charge < -0.3 is 5.32 Å². The maximum atomic E-state index is 6.24. The van der Waals surface area contributed by atoms with Crippen LogP contribution in [0, 0.1) is 5.92 Å². The van der Waals surface area contributed by atoms with Crippen molar-refractivity contribution >= 4 is 35.0 Å². The molecule has 0 aliphatic carbocycles. The van der Waals surface area contributed by atoms with Crippen molar-refractivity contribution in [3.63, 3.8) is 0 Å². The van der Waals surface area contributed by atoms with Crippen molar-refractivity contribution in [2.24, 2.45) is 5.92 Å². The lowest BCUT2D eigenvalue weighted by molar-refractivity contribution is 0.550. The second-order valence-electron chi connectivity index (χ2n) is 5.31. The number of halogens is 2. The molecule has 0 spiro atoms. The summed E-state index contributed by atoms with van der Waals surface area (Å²) in [6, 6.07) is 13.9. The molecule has 0 radical (unpaired) electrons. The maximum absolute atomic E-state index is 6.24. The lowest BCUT2D eigenvalue weighted by Crippen LogP contribution is -2.19. The van der Waals surface area contributed by atoms with Crippen LogP contribution < -0.4 is 5.32 Å². The first-order valence-electron chi connectivity index (χ1n) is 6.98. The van der Waals surface area contributed by atoms with Crippen LogP contribution in [0.25, 0.3) is 0 Å². The van der Waals surface area contributed by atoms with Crippen molar-refractivity contribution in [3.05, 3.63) is 58.1 Å². The molecule has 112 valence electrons. The van der Waals surface area contributed by atoms with E-state index in [1.165, 1.54) is 5.56 Å². The first kappa shape index (κ1) is 16.7. The molecule has 0 atom stereocenters. The second-order valence-corrected chi connectivity index (χ2v) is 7.24. The van der Waals surface area contributed by atoms with E-state index in [1.54, 1.807) is 11.8 Å². The van der Waals surface area contributed by atoms with Crippen LogP contribution >= 0.6 is 35.0 Å². The summed E-state index contributed by atoms with van der Waals surface area (Å²) in [7, 11) is 0. The maximum Gasteiger partial charge on any atom is 0.0545 e. The molecule has 0 aliphatic heterocycles. The zero-order valence-electron chi connectivity index (χ0n) is 12.2. The molecular weight excluding hydrogens is 321 g/mol. The van der Waals surface area contributed by atoms with E-state index in [0.717, 1.165) is 32.9 Å². The van der Waals surface area contributed by atoms with Gasteiger partial charge in [0.2, 0.25) is 0 Å². The number of hydrogen-bond donors (Lipinski definition) is 1. The van der Waals surface area contributed by atoms with E-state index < -0.39 is 0 Å². The largest absolute Gasteiger partial charge is 0.312 e. The van der Waals surface area contributed by atoms with E-state index in [1.807, 2.05) is 36.4 Å². The van der Waals surface area contributed by atoms with Gasteiger partial charge in [-0.25, -0.2) is 0 Å². The summed E-state index contributed by atoms with van der Waals surface area (Å²) in [5.41, 5.74) is 1.24. The van der Waals surface area contributed by atoms with Crippen molar-refractivity contribution in [2.45, 2.75) is 30.2 Å². The van der Waals surface area contributed by atoms with Crippen LogP contribution in [-0.4, -0.2) is 6.54 Å². The minimum atomic E-state index is 0.636. The van der Waals surface area contributed by atoms with Gasteiger partial charge in [-0.05, 0) is 42.3 Å². The van der Waals surface area contributed by atoms with E-state index in [9.17, 15) is 0 Å². The highest BCUT2D eigenvalue weighted by Gasteiger charge is 2.08. The molecule has 0 fully saturated rings. The van der Waals surface area contributed by atoms with E-state index >= 15 is 0 Å². The summed E-state index contributed by atoms with van der Waals surface area (Å²) in [6.45, 7) is 6.24. The van der Waals surface area contributed by atoms with Crippen LogP contribution in [0.15, 0.2) is 52.3 Å². The Bertz CT molecular complexity index is 599. The second kappa shape index (κ2) is 8.09. The first-order chi connectivity index (χ1) is 10.1. The van der Waals surface area contributed by atoms with Crippen molar-refractivity contribution in [2.75, 3.05) is 6.54 Å². The van der Waals surface area contributed by atoms with Gasteiger partial charge in [0.05, 0.1) is 5.02 Å². The summed E-state index contributed by atoms with van der Waals surface area (Å²) in [5.74, 6) is 0.636. The molecule has 0 saturated carbocycles. The van der Waals surface area contributed by atoms with Crippen molar-refractivity contribution in [3.8, 4) is 0 Å². The molecule has 0 aliphatic rings. The lowest BCUT2D eigenvalue weighted by atomic mass is 10.2. The van der Waals surface area contributed by atoms with Gasteiger partial charge >= 0.3 is 0 Å². The van der Waals surface area contributed by atoms with Gasteiger partial charge in [0.25, 0.3) is 0 Å². The van der Waals surface area contributed by atoms with E-state index in [2.05, 4.69) is 25.2 Å². The molecule has 0 heterocycles. The lowest BCUT2D eigenvalue weighted by Gasteiger charge is -2.13. The Morgan fingerprint density at radius 2 is 1.81 bits per heavy atom. The Balaban J connectivity index is 2.17. The minimum Gasteiger partial charge on any atom is -0.312 e. The zero-order chi connectivity index (χ0) is 15.2. The third kappa shape index (κ3) is 5.23. The zero-order valence-corrected chi connectivity index (χ0v) is 14.5. The molecule has 0 saturated heterocycles. The van der Waals surface area contributed by atoms with Crippen LogP contribution in [0.1, 0.15) is 19.4 Å². The quantitative estimate of drug-likeness (QED) is 0.704. The molecule has 2 aromatic carbocycles. The highest BCUT2D eigenvalue weighted by molar-refractivity contribution is 7.99. The van der Waals surface area contributed by atoms with Crippen LogP contribution in [0.3, 0.4) is 0 Å². The van der Waals surface area contributed by atoms with Crippen LogP contribution in [-0.2, 0) is 6.54 Å². The monoisotopic (exact) mass is 339 g/mol. The van der Waals surface area contributed by atoms with E-state index in [4.69, 9.17) is 23.2 Å². The Kier molecular flexibility index (Phi) is 6.43. The molecule has 0 aromatic heterocycles. The predicted octanol–water partition coefficient (Wildman–Crippen LogP) is 5.89. The summed E-state index contributed by atoms with van der Waals surface area (Å²) < 4.78 is 0. The molecule has 0 bridgehead atoms. The number of nitrogens with one attached hydrogen (secondary N) is 1.